The van der Waals surface area contributed by atoms with Crippen LogP contribution in [0.4, 0.5) is 20.3 Å². The van der Waals surface area contributed by atoms with Crippen LogP contribution in [0.2, 0.25) is 0 Å². The van der Waals surface area contributed by atoms with Crippen molar-refractivity contribution in [3.8, 4) is 0 Å². The molecule has 138 valence electrons. The van der Waals surface area contributed by atoms with E-state index in [1.807, 2.05) is 6.07 Å². The van der Waals surface area contributed by atoms with Crippen molar-refractivity contribution < 1.29 is 13.6 Å². The van der Waals surface area contributed by atoms with Crippen LogP contribution < -0.4 is 10.2 Å². The topological polar surface area (TPSA) is 58.1 Å². The average Bonchev–Trinajstić information content (AvgIpc) is 2.68. The number of halogens is 2. The quantitative estimate of drug-likeness (QED) is 0.755. The Labute approximate surface area is 155 Å². The highest BCUT2D eigenvalue weighted by Gasteiger charge is 2.18. The first-order chi connectivity index (χ1) is 13.1. The lowest BCUT2D eigenvalue weighted by Crippen LogP contribution is -2.30. The summed E-state index contributed by atoms with van der Waals surface area (Å²) >= 11 is 0. The fourth-order valence-corrected chi connectivity index (χ4v) is 3.39. The molecule has 1 aliphatic heterocycles. The summed E-state index contributed by atoms with van der Waals surface area (Å²) in [5.41, 5.74) is 0.477. The molecule has 1 aromatic heterocycles. The van der Waals surface area contributed by atoms with E-state index in [2.05, 4.69) is 20.2 Å². The Morgan fingerprint density at radius 1 is 1.00 bits per heavy atom. The molecule has 1 amide bonds. The molecule has 0 bridgehead atoms. The second-order valence-electron chi connectivity index (χ2n) is 6.53. The van der Waals surface area contributed by atoms with Gasteiger partial charge in [-0.15, -0.1) is 0 Å². The molecule has 3 aromatic rings. The number of rotatable bonds is 3. The van der Waals surface area contributed by atoms with Gasteiger partial charge in [0.05, 0.1) is 5.52 Å². The van der Waals surface area contributed by atoms with Gasteiger partial charge >= 0.3 is 0 Å². The molecule has 4 rings (SSSR count). The summed E-state index contributed by atoms with van der Waals surface area (Å²) in [6.07, 6.45) is 4.98. The van der Waals surface area contributed by atoms with Crippen molar-refractivity contribution in [3.63, 3.8) is 0 Å². The lowest BCUT2D eigenvalue weighted by molar-refractivity contribution is 0.101. The van der Waals surface area contributed by atoms with Gasteiger partial charge < -0.3 is 10.2 Å². The number of nitrogens with one attached hydrogen (secondary N) is 1. The van der Waals surface area contributed by atoms with Crippen LogP contribution in [-0.2, 0) is 0 Å². The number of nitrogens with zero attached hydrogens (tertiary/aromatic N) is 3. The number of piperidine rings is 1. The molecule has 7 heteroatoms. The van der Waals surface area contributed by atoms with E-state index in [-0.39, 0.29) is 0 Å². The summed E-state index contributed by atoms with van der Waals surface area (Å²) in [4.78, 5) is 23.2. The highest BCUT2D eigenvalue weighted by Crippen LogP contribution is 2.27. The van der Waals surface area contributed by atoms with Gasteiger partial charge in [0, 0.05) is 24.2 Å². The first-order valence-corrected chi connectivity index (χ1v) is 8.88. The zero-order chi connectivity index (χ0) is 18.8. The highest BCUT2D eigenvalue weighted by molar-refractivity contribution is 6.05. The van der Waals surface area contributed by atoms with Gasteiger partial charge in [0.25, 0.3) is 5.91 Å². The largest absolute Gasteiger partial charge is 0.356 e. The van der Waals surface area contributed by atoms with Gasteiger partial charge in [0.2, 0.25) is 0 Å². The van der Waals surface area contributed by atoms with Gasteiger partial charge in [-0.1, -0.05) is 6.07 Å². The zero-order valence-electron chi connectivity index (χ0n) is 14.6. The third kappa shape index (κ3) is 3.45. The summed E-state index contributed by atoms with van der Waals surface area (Å²) in [6, 6.07) is 8.52. The van der Waals surface area contributed by atoms with Gasteiger partial charge in [-0.05, 0) is 49.6 Å². The van der Waals surface area contributed by atoms with E-state index in [1.54, 1.807) is 12.1 Å². The maximum atomic E-state index is 13.8. The maximum Gasteiger partial charge on any atom is 0.261 e. The molecule has 1 N–H and O–H groups in total. The molecule has 27 heavy (non-hydrogen) atoms. The second-order valence-corrected chi connectivity index (χ2v) is 6.53. The summed E-state index contributed by atoms with van der Waals surface area (Å²) < 4.78 is 27.6. The second kappa shape index (κ2) is 7.26. The van der Waals surface area contributed by atoms with Crippen LogP contribution >= 0.6 is 0 Å². The molecule has 1 aliphatic rings. The Hall–Kier alpha value is -3.09. The van der Waals surface area contributed by atoms with Crippen LogP contribution in [0.5, 0.6) is 0 Å². The maximum absolute atomic E-state index is 13.8. The number of fused-ring (bicyclic) bond motifs is 1. The molecule has 0 atom stereocenters. The zero-order valence-corrected chi connectivity index (χ0v) is 14.6. The Kier molecular flexibility index (Phi) is 4.66. The standard InChI is InChI=1S/C20H18F2N4O/c21-15-5-4-6-16(22)18(15)20(27)25-13-7-8-14-17(11-13)23-12-24-19(14)26-9-2-1-3-10-26/h4-8,11-12H,1-3,9-10H2,(H,25,27). The number of carbonyl (C=O) groups is 1. The lowest BCUT2D eigenvalue weighted by Gasteiger charge is -2.28. The van der Waals surface area contributed by atoms with Crippen molar-refractivity contribution in [2.24, 2.45) is 0 Å². The highest BCUT2D eigenvalue weighted by atomic mass is 19.1. The van der Waals surface area contributed by atoms with Gasteiger partial charge in [-0.2, -0.15) is 0 Å². The summed E-state index contributed by atoms with van der Waals surface area (Å²) in [7, 11) is 0. The van der Waals surface area contributed by atoms with Crippen LogP contribution in [0.15, 0.2) is 42.7 Å². The van der Waals surface area contributed by atoms with Crippen molar-refractivity contribution in [2.45, 2.75) is 19.3 Å². The smallest absolute Gasteiger partial charge is 0.261 e. The SMILES string of the molecule is O=C(Nc1ccc2c(N3CCCCC3)ncnc2c1)c1c(F)cccc1F. The van der Waals surface area contributed by atoms with E-state index in [1.165, 1.54) is 18.8 Å². The monoisotopic (exact) mass is 368 g/mol. The first kappa shape index (κ1) is 17.3. The van der Waals surface area contributed by atoms with E-state index in [9.17, 15) is 13.6 Å². The molecular weight excluding hydrogens is 350 g/mol. The van der Waals surface area contributed by atoms with Crippen LogP contribution in [0, 0.1) is 11.6 Å². The predicted octanol–water partition coefficient (Wildman–Crippen LogP) is 4.15. The predicted molar refractivity (Wildman–Crippen MR) is 99.9 cm³/mol. The minimum atomic E-state index is -0.900. The number of hydrogen-bond donors (Lipinski definition) is 1. The Balaban J connectivity index is 1.63. The summed E-state index contributed by atoms with van der Waals surface area (Å²) in [5, 5.41) is 3.42. The molecule has 2 heterocycles. The Bertz CT molecular complexity index is 982. The molecule has 0 radical (unpaired) electrons. The fraction of sp³-hybridized carbons (Fsp3) is 0.250. The average molecular weight is 368 g/mol. The van der Waals surface area contributed by atoms with Gasteiger partial charge in [0.15, 0.2) is 0 Å². The van der Waals surface area contributed by atoms with Crippen molar-refractivity contribution >= 4 is 28.3 Å². The van der Waals surface area contributed by atoms with E-state index >= 15 is 0 Å². The van der Waals surface area contributed by atoms with Crippen molar-refractivity contribution in [1.29, 1.82) is 0 Å². The third-order valence-corrected chi connectivity index (χ3v) is 4.72. The number of carbonyl (C=O) groups excluding carboxylic acids is 1. The van der Waals surface area contributed by atoms with E-state index in [4.69, 9.17) is 0 Å². The minimum Gasteiger partial charge on any atom is -0.356 e. The summed E-state index contributed by atoms with van der Waals surface area (Å²) in [6.45, 7) is 1.91. The molecule has 0 unspecified atom stereocenters. The molecule has 0 saturated carbocycles. The van der Waals surface area contributed by atoms with E-state index in [0.717, 1.165) is 49.3 Å². The third-order valence-electron chi connectivity index (χ3n) is 4.72. The molecule has 5 nitrogen and oxygen atoms in total. The molecule has 1 saturated heterocycles. The fourth-order valence-electron chi connectivity index (χ4n) is 3.39. The van der Waals surface area contributed by atoms with Crippen LogP contribution in [-0.4, -0.2) is 29.0 Å². The van der Waals surface area contributed by atoms with E-state index in [0.29, 0.717) is 11.2 Å². The minimum absolute atomic E-state index is 0.415. The van der Waals surface area contributed by atoms with Crippen molar-refractivity contribution in [2.75, 3.05) is 23.3 Å². The number of hydrogen-bond acceptors (Lipinski definition) is 4. The Morgan fingerprint density at radius 3 is 2.48 bits per heavy atom. The van der Waals surface area contributed by atoms with Gasteiger partial charge in [-0.25, -0.2) is 18.7 Å². The lowest BCUT2D eigenvalue weighted by atomic mass is 10.1. The molecule has 2 aromatic carbocycles. The number of anilines is 2. The molecule has 0 spiro atoms. The van der Waals surface area contributed by atoms with Crippen LogP contribution in [0.25, 0.3) is 10.9 Å². The molecule has 0 aliphatic carbocycles. The Morgan fingerprint density at radius 2 is 1.74 bits per heavy atom. The van der Waals surface area contributed by atoms with Crippen molar-refractivity contribution in [3.05, 3.63) is 59.9 Å². The summed E-state index contributed by atoms with van der Waals surface area (Å²) in [5.74, 6) is -1.76. The number of aromatic nitrogens is 2. The van der Waals surface area contributed by atoms with Gasteiger partial charge in [-0.3, -0.25) is 4.79 Å². The van der Waals surface area contributed by atoms with Crippen molar-refractivity contribution in [1.82, 2.24) is 9.97 Å². The van der Waals surface area contributed by atoms with Gasteiger partial charge in [0.1, 0.15) is 29.3 Å². The van der Waals surface area contributed by atoms with E-state index < -0.39 is 23.1 Å². The first-order valence-electron chi connectivity index (χ1n) is 8.88. The normalized spacial score (nSPS) is 14.4. The molecule has 1 fully saturated rings. The number of amides is 1. The molecular formula is C20H18F2N4O. The van der Waals surface area contributed by atoms with Crippen LogP contribution in [0.3, 0.4) is 0 Å². The number of benzene rings is 2. The van der Waals surface area contributed by atoms with Crippen LogP contribution in [0.1, 0.15) is 29.6 Å².